The highest BCUT2D eigenvalue weighted by atomic mass is 79.9. The Bertz CT molecular complexity index is 680. The molecule has 0 fully saturated rings. The van der Waals surface area contributed by atoms with Crippen LogP contribution in [-0.4, -0.2) is 0 Å². The Labute approximate surface area is 142 Å². The van der Waals surface area contributed by atoms with E-state index >= 15 is 0 Å². The summed E-state index contributed by atoms with van der Waals surface area (Å²) in [6.45, 7) is 0. The van der Waals surface area contributed by atoms with E-state index in [1.807, 2.05) is 12.1 Å². The van der Waals surface area contributed by atoms with Gasteiger partial charge in [-0.05, 0) is 66.1 Å². The fourth-order valence-corrected chi connectivity index (χ4v) is 3.40. The summed E-state index contributed by atoms with van der Waals surface area (Å²) in [5, 5.41) is 0. The number of halogens is 5. The molecule has 0 atom stereocenters. The van der Waals surface area contributed by atoms with Crippen LogP contribution in [0.5, 0.6) is 0 Å². The first kappa shape index (κ1) is 17.4. The van der Waals surface area contributed by atoms with Crippen LogP contribution in [0, 0.1) is 0 Å². The van der Waals surface area contributed by atoms with Crippen LogP contribution in [0.2, 0.25) is 0 Å². The number of hydrogen-bond donors (Lipinski definition) is 0. The van der Waals surface area contributed by atoms with E-state index in [1.165, 1.54) is 23.3 Å². The molecule has 2 aromatic rings. The van der Waals surface area contributed by atoms with Crippen molar-refractivity contribution in [3.8, 4) is 11.1 Å². The van der Waals surface area contributed by atoms with Crippen molar-refractivity contribution < 1.29 is 13.2 Å². The van der Waals surface area contributed by atoms with Crippen LogP contribution in [0.1, 0.15) is 29.5 Å². The topological polar surface area (TPSA) is 0 Å². The summed E-state index contributed by atoms with van der Waals surface area (Å²) in [7, 11) is 0. The highest BCUT2D eigenvalue weighted by Gasteiger charge is 2.31. The van der Waals surface area contributed by atoms with Gasteiger partial charge < -0.3 is 0 Å². The Morgan fingerprint density at radius 1 is 0.909 bits per heavy atom. The van der Waals surface area contributed by atoms with Crippen molar-refractivity contribution in [3.05, 3.63) is 57.6 Å². The normalized spacial score (nSPS) is 14.2. The van der Waals surface area contributed by atoms with Gasteiger partial charge in [0.05, 0.1) is 5.56 Å². The predicted molar refractivity (Wildman–Crippen MR) is 88.5 cm³/mol. The molecule has 1 aliphatic carbocycles. The van der Waals surface area contributed by atoms with Crippen molar-refractivity contribution in [1.82, 2.24) is 0 Å². The zero-order valence-electron chi connectivity index (χ0n) is 11.7. The Balaban J connectivity index is 0.00000176. The molecule has 0 heterocycles. The summed E-state index contributed by atoms with van der Waals surface area (Å²) in [6, 6.07) is 9.79. The second-order valence-corrected chi connectivity index (χ2v) is 6.20. The van der Waals surface area contributed by atoms with Gasteiger partial charge in [-0.3, -0.25) is 0 Å². The van der Waals surface area contributed by atoms with Crippen molar-refractivity contribution >= 4 is 28.3 Å². The highest BCUT2D eigenvalue weighted by molar-refractivity contribution is 9.10. The summed E-state index contributed by atoms with van der Waals surface area (Å²) in [5.41, 5.74) is 3.41. The van der Waals surface area contributed by atoms with Crippen molar-refractivity contribution in [1.29, 1.82) is 0 Å². The van der Waals surface area contributed by atoms with E-state index in [-0.39, 0.29) is 12.4 Å². The van der Waals surface area contributed by atoms with Crippen molar-refractivity contribution in [2.75, 3.05) is 0 Å². The van der Waals surface area contributed by atoms with E-state index < -0.39 is 11.7 Å². The summed E-state index contributed by atoms with van der Waals surface area (Å²) >= 11 is 3.39. The van der Waals surface area contributed by atoms with E-state index in [1.54, 1.807) is 0 Å². The molecule has 0 amide bonds. The maximum Gasteiger partial charge on any atom is 0.416 e. The van der Waals surface area contributed by atoms with Crippen LogP contribution in [-0.2, 0) is 19.0 Å². The van der Waals surface area contributed by atoms with Crippen LogP contribution < -0.4 is 0 Å². The lowest BCUT2D eigenvalue weighted by molar-refractivity contribution is -0.137. The molecule has 0 N–H and O–H groups in total. The molecule has 0 saturated carbocycles. The fraction of sp³-hybridized carbons (Fsp3) is 0.294. The minimum atomic E-state index is -4.32. The monoisotopic (exact) mass is 390 g/mol. The average molecular weight is 392 g/mol. The van der Waals surface area contributed by atoms with Crippen molar-refractivity contribution in [2.24, 2.45) is 0 Å². The number of benzene rings is 2. The minimum absolute atomic E-state index is 0. The lowest BCUT2D eigenvalue weighted by Gasteiger charge is -2.20. The summed E-state index contributed by atoms with van der Waals surface area (Å²) in [4.78, 5) is 0. The fourth-order valence-electron chi connectivity index (χ4n) is 2.94. The number of aryl methyl sites for hydroxylation is 1. The molecule has 0 nitrogen and oxygen atoms in total. The SMILES string of the molecule is Cl.FC(F)(F)c1ccc(Br)c(-c2cccc3c2CCCC3)c1. The Morgan fingerprint density at radius 2 is 1.64 bits per heavy atom. The molecule has 1 aliphatic rings. The standard InChI is InChI=1S/C17H14BrF3.ClH/c18-16-9-8-12(17(19,20)21)10-15(16)14-7-3-5-11-4-1-2-6-13(11)14;/h3,5,7-10H,1-2,4,6H2;1H. The first-order valence-corrected chi connectivity index (χ1v) is 7.74. The van der Waals surface area contributed by atoms with E-state index in [0.717, 1.165) is 37.3 Å². The van der Waals surface area contributed by atoms with Crippen molar-refractivity contribution in [2.45, 2.75) is 31.9 Å². The molecule has 2 aromatic carbocycles. The molecule has 5 heteroatoms. The van der Waals surface area contributed by atoms with Gasteiger partial charge in [-0.25, -0.2) is 0 Å². The maximum absolute atomic E-state index is 12.9. The van der Waals surface area contributed by atoms with Gasteiger partial charge in [-0.2, -0.15) is 13.2 Å². The summed E-state index contributed by atoms with van der Waals surface area (Å²) < 4.78 is 39.5. The van der Waals surface area contributed by atoms with Gasteiger partial charge in [0.2, 0.25) is 0 Å². The molecule has 22 heavy (non-hydrogen) atoms. The molecular formula is C17H15BrClF3. The second-order valence-electron chi connectivity index (χ2n) is 5.34. The Morgan fingerprint density at radius 3 is 2.36 bits per heavy atom. The zero-order valence-corrected chi connectivity index (χ0v) is 14.1. The van der Waals surface area contributed by atoms with E-state index in [0.29, 0.717) is 10.0 Å². The lowest BCUT2D eigenvalue weighted by Crippen LogP contribution is -2.07. The first-order chi connectivity index (χ1) is 9.97. The zero-order chi connectivity index (χ0) is 15.0. The van der Waals surface area contributed by atoms with Gasteiger partial charge >= 0.3 is 6.18 Å². The van der Waals surface area contributed by atoms with Gasteiger partial charge in [0.25, 0.3) is 0 Å². The van der Waals surface area contributed by atoms with Gasteiger partial charge in [0, 0.05) is 4.47 Å². The third-order valence-electron chi connectivity index (χ3n) is 3.98. The van der Waals surface area contributed by atoms with Gasteiger partial charge in [-0.15, -0.1) is 12.4 Å². The highest BCUT2D eigenvalue weighted by Crippen LogP contribution is 2.39. The van der Waals surface area contributed by atoms with Gasteiger partial charge in [0.1, 0.15) is 0 Å². The van der Waals surface area contributed by atoms with E-state index in [9.17, 15) is 13.2 Å². The maximum atomic E-state index is 12.9. The third kappa shape index (κ3) is 3.33. The average Bonchev–Trinajstić information content (AvgIpc) is 2.46. The van der Waals surface area contributed by atoms with Crippen LogP contribution in [0.3, 0.4) is 0 Å². The van der Waals surface area contributed by atoms with Gasteiger partial charge in [-0.1, -0.05) is 34.1 Å². The minimum Gasteiger partial charge on any atom is -0.166 e. The molecule has 0 bridgehead atoms. The molecule has 0 unspecified atom stereocenters. The largest absolute Gasteiger partial charge is 0.416 e. The molecule has 0 radical (unpaired) electrons. The number of hydrogen-bond acceptors (Lipinski definition) is 0. The van der Waals surface area contributed by atoms with Crippen LogP contribution in [0.4, 0.5) is 13.2 Å². The Kier molecular flexibility index (Phi) is 5.23. The van der Waals surface area contributed by atoms with Crippen LogP contribution in [0.25, 0.3) is 11.1 Å². The summed E-state index contributed by atoms with van der Waals surface area (Å²) in [5.74, 6) is 0. The molecule has 0 aromatic heterocycles. The number of alkyl halides is 3. The summed E-state index contributed by atoms with van der Waals surface area (Å²) in [6.07, 6.45) is -0.112. The molecule has 118 valence electrons. The predicted octanol–water partition coefficient (Wildman–Crippen LogP) is 6.44. The van der Waals surface area contributed by atoms with Crippen molar-refractivity contribution in [3.63, 3.8) is 0 Å². The smallest absolute Gasteiger partial charge is 0.166 e. The quantitative estimate of drug-likeness (QED) is 0.525. The lowest BCUT2D eigenvalue weighted by atomic mass is 9.85. The molecule has 0 saturated heterocycles. The van der Waals surface area contributed by atoms with E-state index in [2.05, 4.69) is 22.0 Å². The van der Waals surface area contributed by atoms with Gasteiger partial charge in [0.15, 0.2) is 0 Å². The third-order valence-corrected chi connectivity index (χ3v) is 4.67. The van der Waals surface area contributed by atoms with Crippen LogP contribution in [0.15, 0.2) is 40.9 Å². The molecule has 0 spiro atoms. The van der Waals surface area contributed by atoms with Crippen LogP contribution >= 0.6 is 28.3 Å². The molecule has 3 rings (SSSR count). The number of fused-ring (bicyclic) bond motifs is 1. The van der Waals surface area contributed by atoms with E-state index in [4.69, 9.17) is 0 Å². The second kappa shape index (κ2) is 6.63. The Hall–Kier alpha value is -1.00. The first-order valence-electron chi connectivity index (χ1n) is 6.95. The molecular weight excluding hydrogens is 377 g/mol. The molecule has 0 aliphatic heterocycles. The number of rotatable bonds is 1.